The van der Waals surface area contributed by atoms with Crippen LogP contribution in [0.5, 0.6) is 0 Å². The minimum Gasteiger partial charge on any atom is -0.378 e. The zero-order valence-electron chi connectivity index (χ0n) is 13.5. The lowest BCUT2D eigenvalue weighted by molar-refractivity contribution is -0.802. The zero-order valence-corrected chi connectivity index (χ0v) is 13.5. The third kappa shape index (κ3) is 3.61. The van der Waals surface area contributed by atoms with Gasteiger partial charge in [0.25, 0.3) is 0 Å². The van der Waals surface area contributed by atoms with Crippen LogP contribution in [0, 0.1) is 0 Å². The summed E-state index contributed by atoms with van der Waals surface area (Å²) in [5, 5.41) is 0. The highest BCUT2D eigenvalue weighted by Gasteiger charge is 2.26. The van der Waals surface area contributed by atoms with E-state index in [9.17, 15) is 0 Å². The number of benzene rings is 1. The molecule has 1 aromatic carbocycles. The minimum absolute atomic E-state index is 0.511. The Kier molecular flexibility index (Phi) is 5.33. The van der Waals surface area contributed by atoms with Crippen molar-refractivity contribution in [3.05, 3.63) is 29.8 Å². The fraction of sp³-hybridized carbons (Fsp3) is 0.611. The standard InChI is InChI=1S/C18H27N2O2/c1-21-20(17-8-3-2-4-9-17)15-16-7-5-6-10-18(16)19-11-13-22-14-12-19/h5-7,10,15,17H,2-4,8-9,11-14H2,1H3/q+1. The van der Waals surface area contributed by atoms with Crippen molar-refractivity contribution in [3.8, 4) is 0 Å². The minimum atomic E-state index is 0.511. The van der Waals surface area contributed by atoms with Crippen LogP contribution in [0.2, 0.25) is 0 Å². The second kappa shape index (κ2) is 7.63. The molecule has 0 spiro atoms. The van der Waals surface area contributed by atoms with Gasteiger partial charge in [0.15, 0.2) is 0 Å². The summed E-state index contributed by atoms with van der Waals surface area (Å²) in [5.41, 5.74) is 2.51. The maximum Gasteiger partial charge on any atom is 0.225 e. The molecule has 0 aromatic heterocycles. The molecule has 0 radical (unpaired) electrons. The largest absolute Gasteiger partial charge is 0.378 e. The van der Waals surface area contributed by atoms with Crippen LogP contribution in [0.3, 0.4) is 0 Å². The van der Waals surface area contributed by atoms with Crippen molar-refractivity contribution in [3.63, 3.8) is 0 Å². The van der Waals surface area contributed by atoms with E-state index in [0.29, 0.717) is 6.04 Å². The molecule has 0 N–H and O–H groups in total. The molecule has 1 heterocycles. The Morgan fingerprint density at radius 1 is 1.14 bits per heavy atom. The number of nitrogens with zero attached hydrogens (tertiary/aromatic N) is 2. The van der Waals surface area contributed by atoms with E-state index < -0.39 is 0 Å². The number of para-hydroxylation sites is 1. The summed E-state index contributed by atoms with van der Waals surface area (Å²) in [5.74, 6) is 0. The lowest BCUT2D eigenvalue weighted by Gasteiger charge is -2.29. The quantitative estimate of drug-likeness (QED) is 0.486. The first-order valence-corrected chi connectivity index (χ1v) is 8.47. The highest BCUT2D eigenvalue weighted by Crippen LogP contribution is 2.23. The van der Waals surface area contributed by atoms with Crippen LogP contribution in [0.25, 0.3) is 0 Å². The van der Waals surface area contributed by atoms with Crippen LogP contribution >= 0.6 is 0 Å². The maximum absolute atomic E-state index is 5.67. The van der Waals surface area contributed by atoms with E-state index in [2.05, 4.69) is 40.1 Å². The Morgan fingerprint density at radius 3 is 2.59 bits per heavy atom. The van der Waals surface area contributed by atoms with Crippen LogP contribution < -0.4 is 4.90 Å². The van der Waals surface area contributed by atoms with E-state index in [4.69, 9.17) is 9.57 Å². The Labute approximate surface area is 133 Å². The van der Waals surface area contributed by atoms with E-state index in [-0.39, 0.29) is 0 Å². The molecule has 4 heteroatoms. The topological polar surface area (TPSA) is 24.7 Å². The van der Waals surface area contributed by atoms with E-state index in [1.54, 1.807) is 7.11 Å². The third-order valence-electron chi connectivity index (χ3n) is 4.70. The fourth-order valence-electron chi connectivity index (χ4n) is 3.47. The number of hydroxylamine groups is 1. The Morgan fingerprint density at radius 2 is 1.86 bits per heavy atom. The molecule has 1 aliphatic heterocycles. The van der Waals surface area contributed by atoms with Gasteiger partial charge in [-0.05, 0) is 29.7 Å². The SMILES string of the molecule is CO/[N+](=C\c1ccccc1N1CCOCC1)C1CCCCC1. The van der Waals surface area contributed by atoms with E-state index in [1.165, 1.54) is 43.4 Å². The van der Waals surface area contributed by atoms with E-state index in [1.807, 2.05) is 0 Å². The fourth-order valence-corrected chi connectivity index (χ4v) is 3.47. The molecule has 0 bridgehead atoms. The summed E-state index contributed by atoms with van der Waals surface area (Å²) in [6.45, 7) is 3.54. The first-order valence-electron chi connectivity index (χ1n) is 8.47. The van der Waals surface area contributed by atoms with Gasteiger partial charge < -0.3 is 9.64 Å². The van der Waals surface area contributed by atoms with Crippen LogP contribution in [-0.2, 0) is 9.57 Å². The number of hydrogen-bond donors (Lipinski definition) is 0. The van der Waals surface area contributed by atoms with Crippen molar-refractivity contribution in [2.45, 2.75) is 38.1 Å². The molecule has 2 aliphatic rings. The molecule has 0 atom stereocenters. The molecule has 22 heavy (non-hydrogen) atoms. The summed E-state index contributed by atoms with van der Waals surface area (Å²) in [6, 6.07) is 9.10. The average molecular weight is 303 g/mol. The smallest absolute Gasteiger partial charge is 0.225 e. The summed E-state index contributed by atoms with van der Waals surface area (Å²) < 4.78 is 7.54. The van der Waals surface area contributed by atoms with Crippen LogP contribution in [-0.4, -0.2) is 50.4 Å². The number of rotatable bonds is 4. The summed E-state index contributed by atoms with van der Waals surface area (Å²) in [6.07, 6.45) is 8.61. The van der Waals surface area contributed by atoms with Crippen LogP contribution in [0.15, 0.2) is 24.3 Å². The van der Waals surface area contributed by atoms with Crippen molar-refractivity contribution >= 4 is 11.9 Å². The molecule has 0 amide bonds. The molecule has 1 saturated heterocycles. The normalized spacial score (nSPS) is 21.0. The number of ether oxygens (including phenoxy) is 1. The van der Waals surface area contributed by atoms with Gasteiger partial charge in [-0.2, -0.15) is 0 Å². The molecule has 2 fully saturated rings. The lowest BCUT2D eigenvalue weighted by Crippen LogP contribution is -2.37. The Hall–Kier alpha value is -1.55. The number of morpholine rings is 1. The monoisotopic (exact) mass is 303 g/mol. The maximum atomic E-state index is 5.67. The molecule has 4 nitrogen and oxygen atoms in total. The van der Waals surface area contributed by atoms with Crippen molar-refractivity contribution < 1.29 is 14.3 Å². The molecule has 1 saturated carbocycles. The highest BCUT2D eigenvalue weighted by molar-refractivity contribution is 5.85. The van der Waals surface area contributed by atoms with Gasteiger partial charge in [-0.25, -0.2) is 0 Å². The molecule has 1 aliphatic carbocycles. The molecule has 0 unspecified atom stereocenters. The van der Waals surface area contributed by atoms with Crippen LogP contribution in [0.4, 0.5) is 5.69 Å². The highest BCUT2D eigenvalue weighted by atomic mass is 16.7. The van der Waals surface area contributed by atoms with Gasteiger partial charge in [-0.1, -0.05) is 18.6 Å². The predicted molar refractivity (Wildman–Crippen MR) is 88.8 cm³/mol. The molecular weight excluding hydrogens is 276 g/mol. The first-order chi connectivity index (χ1) is 10.9. The zero-order chi connectivity index (χ0) is 15.2. The van der Waals surface area contributed by atoms with Crippen molar-refractivity contribution in [1.29, 1.82) is 0 Å². The lowest BCUT2D eigenvalue weighted by atomic mass is 9.96. The van der Waals surface area contributed by atoms with Gasteiger partial charge in [0.1, 0.15) is 7.11 Å². The molecular formula is C18H27N2O2+. The Bertz CT molecular complexity index is 504. The summed E-state index contributed by atoms with van der Waals surface area (Å²) in [7, 11) is 1.78. The van der Waals surface area contributed by atoms with Gasteiger partial charge in [-0.3, -0.25) is 4.84 Å². The average Bonchev–Trinajstić information content (AvgIpc) is 2.61. The Balaban J connectivity index is 1.84. The second-order valence-electron chi connectivity index (χ2n) is 6.12. The second-order valence-corrected chi connectivity index (χ2v) is 6.12. The number of hydrogen-bond acceptors (Lipinski definition) is 3. The van der Waals surface area contributed by atoms with Crippen molar-refractivity contribution in [2.24, 2.45) is 0 Å². The van der Waals surface area contributed by atoms with Crippen molar-refractivity contribution in [1.82, 2.24) is 0 Å². The van der Waals surface area contributed by atoms with E-state index >= 15 is 0 Å². The molecule has 120 valence electrons. The van der Waals surface area contributed by atoms with Gasteiger partial charge in [-0.15, -0.1) is 0 Å². The molecule has 3 rings (SSSR count). The van der Waals surface area contributed by atoms with Gasteiger partial charge in [0.05, 0.1) is 24.5 Å². The van der Waals surface area contributed by atoms with E-state index in [0.717, 1.165) is 26.3 Å². The van der Waals surface area contributed by atoms with Crippen LogP contribution in [0.1, 0.15) is 37.7 Å². The van der Waals surface area contributed by atoms with Gasteiger partial charge >= 0.3 is 0 Å². The number of anilines is 1. The third-order valence-corrected chi connectivity index (χ3v) is 4.70. The van der Waals surface area contributed by atoms with Gasteiger partial charge in [0, 0.05) is 25.9 Å². The summed E-state index contributed by atoms with van der Waals surface area (Å²) >= 11 is 0. The van der Waals surface area contributed by atoms with Crippen molar-refractivity contribution in [2.75, 3.05) is 38.3 Å². The van der Waals surface area contributed by atoms with Gasteiger partial charge in [0.2, 0.25) is 12.3 Å². The first kappa shape index (κ1) is 15.3. The molecule has 1 aromatic rings. The summed E-state index contributed by atoms with van der Waals surface area (Å²) in [4.78, 5) is 8.08. The predicted octanol–water partition coefficient (Wildman–Crippen LogP) is 2.85.